The molecule has 0 aliphatic rings. The summed E-state index contributed by atoms with van der Waals surface area (Å²) in [5.74, 6) is 0.556. The summed E-state index contributed by atoms with van der Waals surface area (Å²) >= 11 is 0. The van der Waals surface area contributed by atoms with Crippen molar-refractivity contribution >= 4 is 15.9 Å². The van der Waals surface area contributed by atoms with Crippen LogP contribution in [0, 0.1) is 12.8 Å². The predicted molar refractivity (Wildman–Crippen MR) is 110 cm³/mol. The number of amides is 1. The van der Waals surface area contributed by atoms with E-state index < -0.39 is 10.0 Å². The van der Waals surface area contributed by atoms with Crippen molar-refractivity contribution < 1.29 is 17.9 Å². The number of rotatable bonds is 9. The number of ether oxygens (including phenoxy) is 1. The van der Waals surface area contributed by atoms with E-state index in [4.69, 9.17) is 4.74 Å². The smallest absolute Gasteiger partial charge is 0.260 e. The number of hydrogen-bond acceptors (Lipinski definition) is 4. The molecule has 0 heterocycles. The minimum atomic E-state index is -3.55. The molecule has 1 amide bonds. The van der Waals surface area contributed by atoms with Crippen molar-refractivity contribution in [2.75, 3.05) is 20.2 Å². The Hall–Kier alpha value is -2.38. The lowest BCUT2D eigenvalue weighted by atomic mass is 10.2. The van der Waals surface area contributed by atoms with E-state index in [-0.39, 0.29) is 23.3 Å². The molecular weight excluding hydrogens is 376 g/mol. The third-order valence-electron chi connectivity index (χ3n) is 4.18. The second-order valence-corrected chi connectivity index (χ2v) is 8.96. The lowest BCUT2D eigenvalue weighted by Crippen LogP contribution is -2.31. The van der Waals surface area contributed by atoms with Crippen molar-refractivity contribution in [1.82, 2.24) is 9.62 Å². The van der Waals surface area contributed by atoms with Gasteiger partial charge in [-0.15, -0.1) is 0 Å². The standard InChI is InChI=1S/C21H28N2O4S/c1-16(2)13-22-28(25,26)19-10-11-20(17(3)12-19)27-15-21(24)23(4)14-18-8-6-5-7-9-18/h5-12,16,22H,13-15H2,1-4H3. The molecule has 0 aromatic heterocycles. The van der Waals surface area contributed by atoms with Gasteiger partial charge < -0.3 is 9.64 Å². The van der Waals surface area contributed by atoms with Crippen molar-refractivity contribution in [3.63, 3.8) is 0 Å². The van der Waals surface area contributed by atoms with Gasteiger partial charge in [-0.2, -0.15) is 0 Å². The minimum absolute atomic E-state index is 0.109. The molecule has 0 spiro atoms. The highest BCUT2D eigenvalue weighted by Gasteiger charge is 2.16. The van der Waals surface area contributed by atoms with Gasteiger partial charge in [-0.25, -0.2) is 13.1 Å². The van der Waals surface area contributed by atoms with Crippen LogP contribution in [0.4, 0.5) is 0 Å². The summed E-state index contributed by atoms with van der Waals surface area (Å²) in [7, 11) is -1.83. The van der Waals surface area contributed by atoms with Crippen LogP contribution in [0.25, 0.3) is 0 Å². The maximum atomic E-state index is 12.3. The molecule has 0 saturated heterocycles. The van der Waals surface area contributed by atoms with Gasteiger partial charge in [0, 0.05) is 20.1 Å². The summed E-state index contributed by atoms with van der Waals surface area (Å²) in [5, 5.41) is 0. The zero-order chi connectivity index (χ0) is 20.7. The van der Waals surface area contributed by atoms with Crippen molar-refractivity contribution in [3.05, 3.63) is 59.7 Å². The molecule has 0 radical (unpaired) electrons. The van der Waals surface area contributed by atoms with Crippen LogP contribution in [-0.4, -0.2) is 39.4 Å². The number of likely N-dealkylation sites (N-methyl/N-ethyl adjacent to an activating group) is 1. The molecule has 152 valence electrons. The molecule has 7 heteroatoms. The van der Waals surface area contributed by atoms with Crippen LogP contribution in [0.1, 0.15) is 25.0 Å². The average Bonchev–Trinajstić information content (AvgIpc) is 2.66. The van der Waals surface area contributed by atoms with Crippen molar-refractivity contribution in [1.29, 1.82) is 0 Å². The number of hydrogen-bond donors (Lipinski definition) is 1. The summed E-state index contributed by atoms with van der Waals surface area (Å²) < 4.78 is 32.8. The highest BCUT2D eigenvalue weighted by Crippen LogP contribution is 2.22. The Morgan fingerprint density at radius 2 is 1.82 bits per heavy atom. The number of carbonyl (C=O) groups excluding carboxylic acids is 1. The Morgan fingerprint density at radius 3 is 2.43 bits per heavy atom. The molecule has 28 heavy (non-hydrogen) atoms. The van der Waals surface area contributed by atoms with Crippen molar-refractivity contribution in [2.24, 2.45) is 5.92 Å². The van der Waals surface area contributed by atoms with E-state index in [2.05, 4.69) is 4.72 Å². The second kappa shape index (κ2) is 9.71. The second-order valence-electron chi connectivity index (χ2n) is 7.20. The molecule has 0 atom stereocenters. The first kappa shape index (κ1) is 21.9. The summed E-state index contributed by atoms with van der Waals surface area (Å²) in [6.45, 7) is 6.41. The highest BCUT2D eigenvalue weighted by molar-refractivity contribution is 7.89. The van der Waals surface area contributed by atoms with Gasteiger partial charge in [0.05, 0.1) is 4.90 Å². The first-order valence-corrected chi connectivity index (χ1v) is 10.7. The van der Waals surface area contributed by atoms with E-state index >= 15 is 0 Å². The van der Waals surface area contributed by atoms with Crippen LogP contribution < -0.4 is 9.46 Å². The minimum Gasteiger partial charge on any atom is -0.483 e. The SMILES string of the molecule is Cc1cc(S(=O)(=O)NCC(C)C)ccc1OCC(=O)N(C)Cc1ccccc1. The van der Waals surface area contributed by atoms with E-state index in [0.717, 1.165) is 5.56 Å². The van der Waals surface area contributed by atoms with Gasteiger partial charge in [-0.1, -0.05) is 44.2 Å². The van der Waals surface area contributed by atoms with Gasteiger partial charge in [0.25, 0.3) is 5.91 Å². The van der Waals surface area contributed by atoms with Crippen LogP contribution in [-0.2, 0) is 21.4 Å². The Balaban J connectivity index is 1.96. The monoisotopic (exact) mass is 404 g/mol. The van der Waals surface area contributed by atoms with E-state index in [1.165, 1.54) is 6.07 Å². The van der Waals surface area contributed by atoms with Crippen LogP contribution in [0.5, 0.6) is 5.75 Å². The largest absolute Gasteiger partial charge is 0.483 e. The van der Waals surface area contributed by atoms with Crippen LogP contribution in [0.2, 0.25) is 0 Å². The molecule has 0 saturated carbocycles. The van der Waals surface area contributed by atoms with E-state index in [1.807, 2.05) is 44.2 Å². The summed E-state index contributed by atoms with van der Waals surface area (Å²) in [5.41, 5.74) is 1.70. The molecule has 0 bridgehead atoms. The molecule has 0 aliphatic carbocycles. The van der Waals surface area contributed by atoms with Crippen molar-refractivity contribution in [3.8, 4) is 5.75 Å². The summed E-state index contributed by atoms with van der Waals surface area (Å²) in [6.07, 6.45) is 0. The zero-order valence-electron chi connectivity index (χ0n) is 16.8. The molecule has 6 nitrogen and oxygen atoms in total. The predicted octanol–water partition coefficient (Wildman–Crippen LogP) is 2.97. The van der Waals surface area contributed by atoms with E-state index in [1.54, 1.807) is 31.0 Å². The molecular formula is C21H28N2O4S. The highest BCUT2D eigenvalue weighted by atomic mass is 32.2. The topological polar surface area (TPSA) is 75.7 Å². The van der Waals surface area contributed by atoms with Gasteiger partial charge in [0.1, 0.15) is 5.75 Å². The normalized spacial score (nSPS) is 11.5. The lowest BCUT2D eigenvalue weighted by Gasteiger charge is -2.18. The Morgan fingerprint density at radius 1 is 1.14 bits per heavy atom. The van der Waals surface area contributed by atoms with Crippen LogP contribution in [0.15, 0.2) is 53.4 Å². The maximum Gasteiger partial charge on any atom is 0.260 e. The van der Waals surface area contributed by atoms with Gasteiger partial charge in [0.15, 0.2) is 6.61 Å². The van der Waals surface area contributed by atoms with Crippen molar-refractivity contribution in [2.45, 2.75) is 32.2 Å². The van der Waals surface area contributed by atoms with Gasteiger partial charge in [-0.3, -0.25) is 4.79 Å². The number of carbonyl (C=O) groups is 1. The number of benzene rings is 2. The third kappa shape index (κ3) is 6.35. The van der Waals surface area contributed by atoms with E-state index in [0.29, 0.717) is 24.4 Å². The quantitative estimate of drug-likeness (QED) is 0.697. The first-order valence-electron chi connectivity index (χ1n) is 9.20. The van der Waals surface area contributed by atoms with Gasteiger partial charge >= 0.3 is 0 Å². The fourth-order valence-corrected chi connectivity index (χ4v) is 3.80. The Labute approximate surface area is 167 Å². The Bertz CT molecular complexity index is 896. The molecule has 0 aliphatic heterocycles. The molecule has 2 aromatic carbocycles. The third-order valence-corrected chi connectivity index (χ3v) is 5.60. The Kier molecular flexibility index (Phi) is 7.60. The molecule has 2 rings (SSSR count). The fourth-order valence-electron chi connectivity index (χ4n) is 2.51. The first-order chi connectivity index (χ1) is 13.2. The molecule has 2 aromatic rings. The summed E-state index contributed by atoms with van der Waals surface area (Å²) in [6, 6.07) is 14.3. The van der Waals surface area contributed by atoms with Crippen LogP contribution >= 0.6 is 0 Å². The molecule has 0 fully saturated rings. The van der Waals surface area contributed by atoms with E-state index in [9.17, 15) is 13.2 Å². The fraction of sp³-hybridized carbons (Fsp3) is 0.381. The molecule has 0 unspecified atom stereocenters. The number of aryl methyl sites for hydroxylation is 1. The summed E-state index contributed by atoms with van der Waals surface area (Å²) in [4.78, 5) is 14.1. The average molecular weight is 405 g/mol. The lowest BCUT2D eigenvalue weighted by molar-refractivity contribution is -0.132. The zero-order valence-corrected chi connectivity index (χ0v) is 17.6. The number of nitrogens with zero attached hydrogens (tertiary/aromatic N) is 1. The van der Waals surface area contributed by atoms with Gasteiger partial charge in [0.2, 0.25) is 10.0 Å². The van der Waals surface area contributed by atoms with Crippen LogP contribution in [0.3, 0.4) is 0 Å². The van der Waals surface area contributed by atoms with Gasteiger partial charge in [-0.05, 0) is 42.2 Å². The number of sulfonamides is 1. The maximum absolute atomic E-state index is 12.3. The molecule has 1 N–H and O–H groups in total. The number of nitrogens with one attached hydrogen (secondary N) is 1.